The van der Waals surface area contributed by atoms with Gasteiger partial charge in [0.1, 0.15) is 5.82 Å². The van der Waals surface area contributed by atoms with Gasteiger partial charge < -0.3 is 10.6 Å². The van der Waals surface area contributed by atoms with Crippen LogP contribution in [-0.4, -0.2) is 29.8 Å². The molecule has 104 valence electrons. The molecular weight excluding hydrogens is 267 g/mol. The van der Waals surface area contributed by atoms with Gasteiger partial charge in [-0.2, -0.15) is 0 Å². The summed E-state index contributed by atoms with van der Waals surface area (Å²) in [6.07, 6.45) is 1.58. The highest BCUT2D eigenvalue weighted by Crippen LogP contribution is 2.16. The molecule has 0 aliphatic carbocycles. The molecule has 2 amide bonds. The van der Waals surface area contributed by atoms with E-state index in [9.17, 15) is 14.0 Å². The lowest BCUT2D eigenvalue weighted by Gasteiger charge is -2.21. The van der Waals surface area contributed by atoms with Crippen LogP contribution >= 0.6 is 12.6 Å². The Morgan fingerprint density at radius 1 is 1.42 bits per heavy atom. The quantitative estimate of drug-likeness (QED) is 0.783. The molecule has 19 heavy (non-hydrogen) atoms. The third-order valence-electron chi connectivity index (χ3n) is 2.60. The Morgan fingerprint density at radius 3 is 2.68 bits per heavy atom. The van der Waals surface area contributed by atoms with Gasteiger partial charge in [0.25, 0.3) is 5.91 Å². The van der Waals surface area contributed by atoms with Crippen LogP contribution in [0, 0.1) is 5.82 Å². The second kappa shape index (κ2) is 7.13. The van der Waals surface area contributed by atoms with Gasteiger partial charge in [0.2, 0.25) is 5.91 Å². The van der Waals surface area contributed by atoms with Crippen LogP contribution in [0.5, 0.6) is 0 Å². The summed E-state index contributed by atoms with van der Waals surface area (Å²) in [6, 6.07) is 3.98. The van der Waals surface area contributed by atoms with Crippen LogP contribution in [0.2, 0.25) is 0 Å². The highest BCUT2D eigenvalue weighted by atomic mass is 32.1. The standard InChI is InChI=1S/C13H17FN2O2S/c1-2-3-6-16(8-12(15)17)13(18)10-7-9(19)4-5-11(10)14/h4-5,7,19H,2-3,6,8H2,1H3,(H2,15,17). The number of amides is 2. The molecule has 0 radical (unpaired) electrons. The van der Waals surface area contributed by atoms with Gasteiger partial charge in [-0.15, -0.1) is 12.6 Å². The van der Waals surface area contributed by atoms with Crippen LogP contribution in [0.1, 0.15) is 30.1 Å². The van der Waals surface area contributed by atoms with Crippen molar-refractivity contribution in [1.29, 1.82) is 0 Å². The Morgan fingerprint density at radius 2 is 2.11 bits per heavy atom. The fourth-order valence-electron chi connectivity index (χ4n) is 1.64. The number of hydrogen-bond acceptors (Lipinski definition) is 3. The molecule has 0 fully saturated rings. The molecule has 0 unspecified atom stereocenters. The topological polar surface area (TPSA) is 63.4 Å². The molecule has 4 nitrogen and oxygen atoms in total. The monoisotopic (exact) mass is 284 g/mol. The predicted molar refractivity (Wildman–Crippen MR) is 73.7 cm³/mol. The molecule has 0 aliphatic rings. The van der Waals surface area contributed by atoms with Crippen LogP contribution < -0.4 is 5.73 Å². The molecule has 0 bridgehead atoms. The van der Waals surface area contributed by atoms with Crippen molar-refractivity contribution >= 4 is 24.4 Å². The first kappa shape index (κ1) is 15.5. The highest BCUT2D eigenvalue weighted by Gasteiger charge is 2.20. The first-order valence-electron chi connectivity index (χ1n) is 6.01. The summed E-state index contributed by atoms with van der Waals surface area (Å²) in [7, 11) is 0. The zero-order chi connectivity index (χ0) is 14.4. The summed E-state index contributed by atoms with van der Waals surface area (Å²) in [6.45, 7) is 2.12. The fourth-order valence-corrected chi connectivity index (χ4v) is 1.84. The largest absolute Gasteiger partial charge is 0.368 e. The number of thiol groups is 1. The van der Waals surface area contributed by atoms with Crippen molar-refractivity contribution in [2.24, 2.45) is 5.73 Å². The molecule has 1 aromatic rings. The summed E-state index contributed by atoms with van der Waals surface area (Å²) < 4.78 is 13.6. The predicted octanol–water partition coefficient (Wildman–Crippen LogP) is 1.84. The molecule has 0 heterocycles. The van der Waals surface area contributed by atoms with Crippen molar-refractivity contribution < 1.29 is 14.0 Å². The Labute approximate surface area is 117 Å². The number of unbranched alkanes of at least 4 members (excludes halogenated alkanes) is 1. The first-order valence-corrected chi connectivity index (χ1v) is 6.46. The van der Waals surface area contributed by atoms with E-state index in [1.54, 1.807) is 0 Å². The minimum atomic E-state index is -0.631. The van der Waals surface area contributed by atoms with E-state index in [1.165, 1.54) is 23.1 Å². The van der Waals surface area contributed by atoms with E-state index < -0.39 is 17.6 Å². The van der Waals surface area contributed by atoms with E-state index in [1.807, 2.05) is 6.92 Å². The smallest absolute Gasteiger partial charge is 0.257 e. The van der Waals surface area contributed by atoms with Gasteiger partial charge in [0, 0.05) is 11.4 Å². The molecule has 0 saturated heterocycles. The second-order valence-corrected chi connectivity index (χ2v) is 4.73. The second-order valence-electron chi connectivity index (χ2n) is 4.21. The lowest BCUT2D eigenvalue weighted by atomic mass is 10.1. The Bertz CT molecular complexity index is 480. The van der Waals surface area contributed by atoms with Crippen molar-refractivity contribution in [2.45, 2.75) is 24.7 Å². The van der Waals surface area contributed by atoms with E-state index in [0.29, 0.717) is 11.4 Å². The molecule has 1 rings (SSSR count). The summed E-state index contributed by atoms with van der Waals surface area (Å²) in [4.78, 5) is 24.9. The zero-order valence-electron chi connectivity index (χ0n) is 10.7. The van der Waals surface area contributed by atoms with Gasteiger partial charge in [-0.25, -0.2) is 4.39 Å². The van der Waals surface area contributed by atoms with E-state index in [-0.39, 0.29) is 12.1 Å². The van der Waals surface area contributed by atoms with E-state index in [4.69, 9.17) is 5.73 Å². The van der Waals surface area contributed by atoms with Crippen molar-refractivity contribution in [3.63, 3.8) is 0 Å². The number of carbonyl (C=O) groups is 2. The van der Waals surface area contributed by atoms with Crippen LogP contribution in [0.25, 0.3) is 0 Å². The van der Waals surface area contributed by atoms with Gasteiger partial charge in [-0.05, 0) is 24.6 Å². The highest BCUT2D eigenvalue weighted by molar-refractivity contribution is 7.80. The van der Waals surface area contributed by atoms with Crippen LogP contribution in [0.3, 0.4) is 0 Å². The summed E-state index contributed by atoms with van der Waals surface area (Å²) in [5, 5.41) is 0. The lowest BCUT2D eigenvalue weighted by Crippen LogP contribution is -2.39. The SMILES string of the molecule is CCCCN(CC(N)=O)C(=O)c1cc(S)ccc1F. The zero-order valence-corrected chi connectivity index (χ0v) is 11.6. The van der Waals surface area contributed by atoms with Gasteiger partial charge >= 0.3 is 0 Å². The van der Waals surface area contributed by atoms with Crippen molar-refractivity contribution in [3.8, 4) is 0 Å². The molecule has 1 aromatic carbocycles. The number of carbonyl (C=O) groups excluding carboxylic acids is 2. The maximum atomic E-state index is 13.6. The lowest BCUT2D eigenvalue weighted by molar-refractivity contribution is -0.118. The third-order valence-corrected chi connectivity index (χ3v) is 2.87. The summed E-state index contributed by atoms with van der Waals surface area (Å²) in [5.74, 6) is -1.79. The summed E-state index contributed by atoms with van der Waals surface area (Å²) in [5.41, 5.74) is 5.01. The number of benzene rings is 1. The third kappa shape index (κ3) is 4.55. The molecule has 0 saturated carbocycles. The minimum absolute atomic E-state index is 0.0927. The van der Waals surface area contributed by atoms with Crippen molar-refractivity contribution in [1.82, 2.24) is 4.90 Å². The molecule has 0 aliphatic heterocycles. The number of hydrogen-bond donors (Lipinski definition) is 2. The Balaban J connectivity index is 2.97. The van der Waals surface area contributed by atoms with Gasteiger partial charge in [0.15, 0.2) is 0 Å². The molecule has 0 aromatic heterocycles. The number of nitrogens with two attached hydrogens (primary N) is 1. The van der Waals surface area contributed by atoms with Crippen molar-refractivity contribution in [3.05, 3.63) is 29.6 Å². The van der Waals surface area contributed by atoms with Gasteiger partial charge in [0.05, 0.1) is 12.1 Å². The molecule has 0 atom stereocenters. The Kier molecular flexibility index (Phi) is 5.82. The van der Waals surface area contributed by atoms with Crippen LogP contribution in [0.4, 0.5) is 4.39 Å². The van der Waals surface area contributed by atoms with Crippen LogP contribution in [0.15, 0.2) is 23.1 Å². The minimum Gasteiger partial charge on any atom is -0.368 e. The van der Waals surface area contributed by atoms with Crippen molar-refractivity contribution in [2.75, 3.05) is 13.1 Å². The average Bonchev–Trinajstić information content (AvgIpc) is 2.36. The number of rotatable bonds is 6. The summed E-state index contributed by atoms with van der Waals surface area (Å²) >= 11 is 4.08. The Hall–Kier alpha value is -1.56. The fraction of sp³-hybridized carbons (Fsp3) is 0.385. The number of nitrogens with zero attached hydrogens (tertiary/aromatic N) is 1. The molecule has 6 heteroatoms. The van der Waals surface area contributed by atoms with E-state index in [0.717, 1.165) is 12.8 Å². The molecular formula is C13H17FN2O2S. The van der Waals surface area contributed by atoms with E-state index in [2.05, 4.69) is 12.6 Å². The van der Waals surface area contributed by atoms with E-state index >= 15 is 0 Å². The maximum Gasteiger partial charge on any atom is 0.257 e. The average molecular weight is 284 g/mol. The first-order chi connectivity index (χ1) is 8.95. The van der Waals surface area contributed by atoms with Crippen LogP contribution in [-0.2, 0) is 4.79 Å². The normalized spacial score (nSPS) is 10.3. The maximum absolute atomic E-state index is 13.6. The molecule has 0 spiro atoms. The van der Waals surface area contributed by atoms with Gasteiger partial charge in [-0.1, -0.05) is 13.3 Å². The number of halogens is 1. The number of primary amides is 1. The molecule has 2 N–H and O–H groups in total. The van der Waals surface area contributed by atoms with Gasteiger partial charge in [-0.3, -0.25) is 9.59 Å².